The van der Waals surface area contributed by atoms with Crippen LogP contribution < -0.4 is 9.80 Å². The lowest BCUT2D eigenvalue weighted by atomic mass is 10.2. The second kappa shape index (κ2) is 7.37. The third-order valence-corrected chi connectivity index (χ3v) is 5.57. The number of morpholine rings is 1. The summed E-state index contributed by atoms with van der Waals surface area (Å²) in [6.07, 6.45) is 3.82. The first-order chi connectivity index (χ1) is 13.8. The molecule has 0 bridgehead atoms. The van der Waals surface area contributed by atoms with E-state index in [0.29, 0.717) is 19.2 Å². The van der Waals surface area contributed by atoms with E-state index in [9.17, 15) is 5.11 Å². The van der Waals surface area contributed by atoms with Crippen LogP contribution in [0.25, 0.3) is 17.0 Å². The Morgan fingerprint density at radius 1 is 1.07 bits per heavy atom. The van der Waals surface area contributed by atoms with Crippen molar-refractivity contribution < 1.29 is 9.84 Å². The van der Waals surface area contributed by atoms with E-state index in [2.05, 4.69) is 14.8 Å². The van der Waals surface area contributed by atoms with Crippen molar-refractivity contribution in [2.75, 3.05) is 49.3 Å². The SMILES string of the molecule is OC[C@@H]1CCCN1c1cc(N2CCOCC2)nc(-n2cnc3ccccc32)n1. The third-order valence-electron chi connectivity index (χ3n) is 5.57. The molecule has 1 atom stereocenters. The quantitative estimate of drug-likeness (QED) is 0.737. The van der Waals surface area contributed by atoms with Gasteiger partial charge in [0.1, 0.15) is 18.0 Å². The number of para-hydroxylation sites is 2. The predicted molar refractivity (Wildman–Crippen MR) is 107 cm³/mol. The first-order valence-electron chi connectivity index (χ1n) is 9.85. The Balaban J connectivity index is 1.62. The number of benzene rings is 1. The second-order valence-electron chi connectivity index (χ2n) is 7.26. The Kier molecular flexibility index (Phi) is 4.58. The first kappa shape index (κ1) is 17.4. The van der Waals surface area contributed by atoms with Crippen molar-refractivity contribution in [1.82, 2.24) is 19.5 Å². The molecule has 0 radical (unpaired) electrons. The number of hydrogen-bond acceptors (Lipinski definition) is 7. The van der Waals surface area contributed by atoms with E-state index in [4.69, 9.17) is 14.7 Å². The first-order valence-corrected chi connectivity index (χ1v) is 9.85. The van der Waals surface area contributed by atoms with E-state index in [1.807, 2.05) is 34.9 Å². The zero-order valence-corrected chi connectivity index (χ0v) is 15.7. The summed E-state index contributed by atoms with van der Waals surface area (Å²) in [6.45, 7) is 4.06. The number of nitrogens with zero attached hydrogens (tertiary/aromatic N) is 6. The number of imidazole rings is 1. The molecule has 28 heavy (non-hydrogen) atoms. The largest absolute Gasteiger partial charge is 0.394 e. The van der Waals surface area contributed by atoms with Crippen LogP contribution in [0.4, 0.5) is 11.6 Å². The number of ether oxygens (including phenoxy) is 1. The molecule has 2 aromatic heterocycles. The molecule has 2 aliphatic rings. The van der Waals surface area contributed by atoms with Crippen molar-refractivity contribution in [3.63, 3.8) is 0 Å². The predicted octanol–water partition coefficient (Wildman–Crippen LogP) is 1.61. The summed E-state index contributed by atoms with van der Waals surface area (Å²) in [6, 6.07) is 10.1. The van der Waals surface area contributed by atoms with Crippen molar-refractivity contribution in [1.29, 1.82) is 0 Å². The summed E-state index contributed by atoms with van der Waals surface area (Å²) < 4.78 is 7.44. The summed E-state index contributed by atoms with van der Waals surface area (Å²) in [7, 11) is 0. The van der Waals surface area contributed by atoms with Gasteiger partial charge in [-0.25, -0.2) is 4.98 Å². The highest BCUT2D eigenvalue weighted by molar-refractivity contribution is 5.76. The van der Waals surface area contributed by atoms with Crippen molar-refractivity contribution in [2.24, 2.45) is 0 Å². The smallest absolute Gasteiger partial charge is 0.239 e. The Hall–Kier alpha value is -2.71. The van der Waals surface area contributed by atoms with Crippen LogP contribution in [-0.4, -0.2) is 70.1 Å². The van der Waals surface area contributed by atoms with E-state index < -0.39 is 0 Å². The molecular weight excluding hydrogens is 356 g/mol. The van der Waals surface area contributed by atoms with E-state index in [1.54, 1.807) is 6.33 Å². The molecule has 2 aliphatic heterocycles. The summed E-state index contributed by atoms with van der Waals surface area (Å²) >= 11 is 0. The van der Waals surface area contributed by atoms with Gasteiger partial charge in [0, 0.05) is 25.7 Å². The molecule has 146 valence electrons. The molecule has 0 unspecified atom stereocenters. The molecule has 8 nitrogen and oxygen atoms in total. The molecule has 1 aromatic carbocycles. The molecule has 3 aromatic rings. The van der Waals surface area contributed by atoms with Crippen LogP contribution in [0, 0.1) is 0 Å². The minimum Gasteiger partial charge on any atom is -0.394 e. The highest BCUT2D eigenvalue weighted by atomic mass is 16.5. The Labute approximate surface area is 163 Å². The maximum atomic E-state index is 9.78. The Morgan fingerprint density at radius 2 is 1.89 bits per heavy atom. The van der Waals surface area contributed by atoms with Crippen LogP contribution >= 0.6 is 0 Å². The summed E-state index contributed by atoms with van der Waals surface area (Å²) in [5, 5.41) is 9.78. The van der Waals surface area contributed by atoms with E-state index >= 15 is 0 Å². The standard InChI is InChI=1S/C20H24N6O2/c27-13-15-4-3-7-25(15)19-12-18(24-8-10-28-11-9-24)22-20(23-19)26-14-21-16-5-1-2-6-17(16)26/h1-2,5-6,12,14-15,27H,3-4,7-11,13H2/t15-/m0/s1. The molecule has 1 N–H and O–H groups in total. The topological polar surface area (TPSA) is 79.5 Å². The Morgan fingerprint density at radius 3 is 2.75 bits per heavy atom. The van der Waals surface area contributed by atoms with Crippen LogP contribution in [0.5, 0.6) is 0 Å². The van der Waals surface area contributed by atoms with Gasteiger partial charge in [-0.15, -0.1) is 0 Å². The van der Waals surface area contributed by atoms with Gasteiger partial charge in [-0.2, -0.15) is 9.97 Å². The fraction of sp³-hybridized carbons (Fsp3) is 0.450. The lowest BCUT2D eigenvalue weighted by molar-refractivity contribution is 0.122. The van der Waals surface area contributed by atoms with Gasteiger partial charge in [0.2, 0.25) is 5.95 Å². The lowest BCUT2D eigenvalue weighted by Gasteiger charge is -2.30. The average molecular weight is 380 g/mol. The van der Waals surface area contributed by atoms with Gasteiger partial charge in [-0.3, -0.25) is 4.57 Å². The molecule has 0 spiro atoms. The number of aliphatic hydroxyl groups is 1. The van der Waals surface area contributed by atoms with Crippen molar-refractivity contribution in [2.45, 2.75) is 18.9 Å². The van der Waals surface area contributed by atoms with Gasteiger partial charge in [0.15, 0.2) is 0 Å². The number of aliphatic hydroxyl groups excluding tert-OH is 1. The van der Waals surface area contributed by atoms with Gasteiger partial charge in [0.05, 0.1) is 36.9 Å². The second-order valence-corrected chi connectivity index (χ2v) is 7.26. The molecule has 5 rings (SSSR count). The summed E-state index contributed by atoms with van der Waals surface area (Å²) in [4.78, 5) is 18.7. The fourth-order valence-electron chi connectivity index (χ4n) is 4.06. The molecule has 2 saturated heterocycles. The van der Waals surface area contributed by atoms with Gasteiger partial charge in [-0.05, 0) is 25.0 Å². The Bertz CT molecular complexity index is 968. The number of anilines is 2. The van der Waals surface area contributed by atoms with E-state index in [1.165, 1.54) is 0 Å². The normalized spacial score (nSPS) is 20.2. The highest BCUT2D eigenvalue weighted by Gasteiger charge is 2.27. The van der Waals surface area contributed by atoms with E-state index in [-0.39, 0.29) is 12.6 Å². The van der Waals surface area contributed by atoms with Crippen molar-refractivity contribution >= 4 is 22.7 Å². The van der Waals surface area contributed by atoms with Gasteiger partial charge < -0.3 is 19.6 Å². The third kappa shape index (κ3) is 3.08. The minimum atomic E-state index is 0.111. The maximum absolute atomic E-state index is 9.78. The fourth-order valence-corrected chi connectivity index (χ4v) is 4.06. The molecule has 0 aliphatic carbocycles. The zero-order valence-electron chi connectivity index (χ0n) is 15.7. The zero-order chi connectivity index (χ0) is 18.9. The number of hydrogen-bond donors (Lipinski definition) is 1. The molecular formula is C20H24N6O2. The van der Waals surface area contributed by atoms with Crippen LogP contribution in [-0.2, 0) is 4.74 Å². The minimum absolute atomic E-state index is 0.111. The molecule has 0 amide bonds. The van der Waals surface area contributed by atoms with Crippen LogP contribution in [0.3, 0.4) is 0 Å². The summed E-state index contributed by atoms with van der Waals surface area (Å²) in [5.74, 6) is 2.36. The molecule has 8 heteroatoms. The van der Waals surface area contributed by atoms with Crippen LogP contribution in [0.15, 0.2) is 36.7 Å². The monoisotopic (exact) mass is 380 g/mol. The number of fused-ring (bicyclic) bond motifs is 1. The van der Waals surface area contributed by atoms with Crippen LogP contribution in [0.2, 0.25) is 0 Å². The molecule has 0 saturated carbocycles. The molecule has 4 heterocycles. The molecule has 2 fully saturated rings. The van der Waals surface area contributed by atoms with Gasteiger partial charge >= 0.3 is 0 Å². The highest BCUT2D eigenvalue weighted by Crippen LogP contribution is 2.28. The van der Waals surface area contributed by atoms with Crippen molar-refractivity contribution in [3.05, 3.63) is 36.7 Å². The van der Waals surface area contributed by atoms with E-state index in [0.717, 1.165) is 55.1 Å². The number of rotatable bonds is 4. The van der Waals surface area contributed by atoms with Crippen LogP contribution in [0.1, 0.15) is 12.8 Å². The van der Waals surface area contributed by atoms with Gasteiger partial charge in [0.25, 0.3) is 0 Å². The lowest BCUT2D eigenvalue weighted by Crippen LogP contribution is -2.38. The maximum Gasteiger partial charge on any atom is 0.239 e. The summed E-state index contributed by atoms with van der Waals surface area (Å²) in [5.41, 5.74) is 1.89. The number of aromatic nitrogens is 4. The van der Waals surface area contributed by atoms with Crippen molar-refractivity contribution in [3.8, 4) is 5.95 Å². The van der Waals surface area contributed by atoms with Gasteiger partial charge in [-0.1, -0.05) is 12.1 Å². The average Bonchev–Trinajstić information content (AvgIpc) is 3.41.